The minimum atomic E-state index is -0.956. The fraction of sp³-hybridized carbons (Fsp3) is 0.258. The molecule has 8 nitrogen and oxygen atoms in total. The zero-order valence-corrected chi connectivity index (χ0v) is 22.0. The van der Waals surface area contributed by atoms with Gasteiger partial charge in [-0.3, -0.25) is 4.79 Å². The molecule has 0 spiro atoms. The summed E-state index contributed by atoms with van der Waals surface area (Å²) >= 11 is 0. The van der Waals surface area contributed by atoms with E-state index in [1.807, 2.05) is 25.1 Å². The highest BCUT2D eigenvalue weighted by atomic mass is 16.5. The summed E-state index contributed by atoms with van der Waals surface area (Å²) in [7, 11) is 1.51. The van der Waals surface area contributed by atoms with Crippen LogP contribution >= 0.6 is 0 Å². The van der Waals surface area contributed by atoms with Crippen LogP contribution in [0.25, 0.3) is 0 Å². The highest BCUT2D eigenvalue weighted by molar-refractivity contribution is 6.01. The highest BCUT2D eigenvalue weighted by Gasteiger charge is 2.28. The van der Waals surface area contributed by atoms with Gasteiger partial charge in [0.1, 0.15) is 5.75 Å². The molecule has 200 valence electrons. The Labute approximate surface area is 228 Å². The number of amides is 3. The Balaban J connectivity index is 1.49. The summed E-state index contributed by atoms with van der Waals surface area (Å²) in [5, 5.41) is 15.0. The van der Waals surface area contributed by atoms with E-state index in [4.69, 9.17) is 4.74 Å². The molecule has 0 aromatic heterocycles. The van der Waals surface area contributed by atoms with E-state index >= 15 is 0 Å². The topological polar surface area (TPSA) is 108 Å². The lowest BCUT2D eigenvalue weighted by atomic mass is 10.0. The first-order valence-electron chi connectivity index (χ1n) is 12.9. The Morgan fingerprint density at radius 3 is 2.54 bits per heavy atom. The molecule has 1 aliphatic heterocycles. The van der Waals surface area contributed by atoms with E-state index in [-0.39, 0.29) is 23.9 Å². The first kappa shape index (κ1) is 27.3. The zero-order valence-electron chi connectivity index (χ0n) is 22.0. The lowest BCUT2D eigenvalue weighted by Crippen LogP contribution is -2.36. The third-order valence-electron chi connectivity index (χ3n) is 6.62. The van der Waals surface area contributed by atoms with Gasteiger partial charge in [-0.2, -0.15) is 0 Å². The van der Waals surface area contributed by atoms with Crippen LogP contribution < -0.4 is 15.4 Å². The van der Waals surface area contributed by atoms with Crippen molar-refractivity contribution < 1.29 is 24.2 Å². The molecule has 1 heterocycles. The van der Waals surface area contributed by atoms with Crippen molar-refractivity contribution in [1.29, 1.82) is 0 Å². The largest absolute Gasteiger partial charge is 0.495 e. The molecule has 3 aromatic rings. The van der Waals surface area contributed by atoms with Crippen LogP contribution in [-0.4, -0.2) is 47.6 Å². The molecule has 4 rings (SSSR count). The predicted molar refractivity (Wildman–Crippen MR) is 150 cm³/mol. The van der Waals surface area contributed by atoms with Crippen LogP contribution in [0.4, 0.5) is 16.2 Å². The number of carboxylic acid groups (broad SMARTS) is 1. The van der Waals surface area contributed by atoms with Crippen molar-refractivity contribution in [2.75, 3.05) is 24.3 Å². The molecule has 3 amide bonds. The maximum absolute atomic E-state index is 13.4. The normalized spacial score (nSPS) is 14.2. The van der Waals surface area contributed by atoms with Crippen molar-refractivity contribution in [3.63, 3.8) is 0 Å². The van der Waals surface area contributed by atoms with Crippen LogP contribution in [0, 0.1) is 11.8 Å². The Hall–Kier alpha value is -4.77. The van der Waals surface area contributed by atoms with E-state index in [0.29, 0.717) is 35.7 Å². The summed E-state index contributed by atoms with van der Waals surface area (Å²) in [6.07, 6.45) is 2.26. The summed E-state index contributed by atoms with van der Waals surface area (Å²) in [6, 6.07) is 18.8. The average molecular weight is 526 g/mol. The zero-order chi connectivity index (χ0) is 27.8. The number of aromatic carboxylic acids is 1. The lowest BCUT2D eigenvalue weighted by Gasteiger charge is -2.22. The van der Waals surface area contributed by atoms with E-state index in [1.54, 1.807) is 53.4 Å². The van der Waals surface area contributed by atoms with Crippen LogP contribution in [0.1, 0.15) is 46.8 Å². The number of anilines is 2. The number of carboxylic acids is 1. The molecule has 39 heavy (non-hydrogen) atoms. The number of hydrogen-bond donors (Lipinski definition) is 3. The van der Waals surface area contributed by atoms with Crippen LogP contribution in [0.15, 0.2) is 66.7 Å². The molecular formula is C31H31N3O5. The minimum Gasteiger partial charge on any atom is -0.495 e. The number of nitrogens with zero attached hydrogens (tertiary/aromatic N) is 1. The van der Waals surface area contributed by atoms with Crippen molar-refractivity contribution in [3.05, 3.63) is 89.0 Å². The summed E-state index contributed by atoms with van der Waals surface area (Å²) in [5.74, 6) is 5.75. The molecule has 1 saturated heterocycles. The van der Waals surface area contributed by atoms with Crippen molar-refractivity contribution >= 4 is 29.3 Å². The van der Waals surface area contributed by atoms with Gasteiger partial charge >= 0.3 is 12.0 Å². The van der Waals surface area contributed by atoms with Crippen molar-refractivity contribution in [1.82, 2.24) is 4.90 Å². The third kappa shape index (κ3) is 6.76. The Bertz CT molecular complexity index is 1430. The summed E-state index contributed by atoms with van der Waals surface area (Å²) in [4.78, 5) is 39.3. The molecule has 8 heteroatoms. The molecule has 3 aromatic carbocycles. The maximum atomic E-state index is 13.4. The van der Waals surface area contributed by atoms with E-state index in [1.165, 1.54) is 7.11 Å². The second-order valence-corrected chi connectivity index (χ2v) is 9.16. The summed E-state index contributed by atoms with van der Waals surface area (Å²) in [6.45, 7) is 2.50. The fourth-order valence-corrected chi connectivity index (χ4v) is 4.65. The standard InChI is InChI=1S/C31H31N3O5/c1-3-22-19-21(15-17-26(22)30(36)37)14-16-25-12-8-18-34(25)28(35)20-23-9-7-13-27(39-2)29(23)33-31(38)32-24-10-5-4-6-11-24/h4-7,9-11,13,15,17,19,25H,3,8,12,18,20H2,1-2H3,(H,36,37)(H2,32,33,38). The maximum Gasteiger partial charge on any atom is 0.335 e. The number of ether oxygens (including phenoxy) is 1. The molecule has 0 saturated carbocycles. The molecule has 1 fully saturated rings. The number of methoxy groups -OCH3 is 1. The number of likely N-dealkylation sites (tertiary alicyclic amines) is 1. The second-order valence-electron chi connectivity index (χ2n) is 9.16. The number of hydrogen-bond acceptors (Lipinski definition) is 4. The van der Waals surface area contributed by atoms with Gasteiger partial charge in [0.2, 0.25) is 5.91 Å². The third-order valence-corrected chi connectivity index (χ3v) is 6.62. The number of rotatable bonds is 7. The van der Waals surface area contributed by atoms with Crippen LogP contribution in [0.3, 0.4) is 0 Å². The molecule has 0 aliphatic carbocycles. The monoisotopic (exact) mass is 525 g/mol. The van der Waals surface area contributed by atoms with Gasteiger partial charge in [-0.25, -0.2) is 9.59 Å². The van der Waals surface area contributed by atoms with Crippen molar-refractivity contribution in [3.8, 4) is 17.6 Å². The van der Waals surface area contributed by atoms with E-state index < -0.39 is 12.0 Å². The smallest absolute Gasteiger partial charge is 0.335 e. The first-order valence-corrected chi connectivity index (χ1v) is 12.9. The molecule has 1 aliphatic rings. The molecule has 1 unspecified atom stereocenters. The van der Waals surface area contributed by atoms with Gasteiger partial charge in [-0.1, -0.05) is 49.1 Å². The summed E-state index contributed by atoms with van der Waals surface area (Å²) < 4.78 is 5.47. The van der Waals surface area contributed by atoms with E-state index in [0.717, 1.165) is 24.0 Å². The van der Waals surface area contributed by atoms with Crippen molar-refractivity contribution in [2.45, 2.75) is 38.6 Å². The lowest BCUT2D eigenvalue weighted by molar-refractivity contribution is -0.130. The number of benzene rings is 3. The van der Waals surface area contributed by atoms with Crippen LogP contribution in [-0.2, 0) is 17.6 Å². The minimum absolute atomic E-state index is 0.0730. The first-order chi connectivity index (χ1) is 18.9. The fourth-order valence-electron chi connectivity index (χ4n) is 4.65. The number of carbonyl (C=O) groups excluding carboxylic acids is 2. The van der Waals surface area contributed by atoms with Crippen LogP contribution in [0.5, 0.6) is 5.75 Å². The van der Waals surface area contributed by atoms with Crippen molar-refractivity contribution in [2.24, 2.45) is 0 Å². The van der Waals surface area contributed by atoms with Gasteiger partial charge < -0.3 is 25.4 Å². The molecule has 1 atom stereocenters. The van der Waals surface area contributed by atoms with E-state index in [9.17, 15) is 19.5 Å². The van der Waals surface area contributed by atoms with Crippen LogP contribution in [0.2, 0.25) is 0 Å². The van der Waals surface area contributed by atoms with E-state index in [2.05, 4.69) is 22.5 Å². The SMILES string of the molecule is CCc1cc(C#CC2CCCN2C(=O)Cc2cccc(OC)c2NC(=O)Nc2ccccc2)ccc1C(=O)O. The Morgan fingerprint density at radius 1 is 1.03 bits per heavy atom. The summed E-state index contributed by atoms with van der Waals surface area (Å²) in [5.41, 5.74) is 3.45. The Kier molecular flexibility index (Phi) is 8.85. The number of para-hydroxylation sites is 2. The number of nitrogens with one attached hydrogen (secondary N) is 2. The molecule has 0 bridgehead atoms. The molecular weight excluding hydrogens is 494 g/mol. The van der Waals surface area contributed by atoms with Gasteiger partial charge in [0.25, 0.3) is 0 Å². The highest BCUT2D eigenvalue weighted by Crippen LogP contribution is 2.30. The number of aryl methyl sites for hydroxylation is 1. The van der Waals surface area contributed by atoms with Gasteiger partial charge in [-0.15, -0.1) is 0 Å². The quantitative estimate of drug-likeness (QED) is 0.368. The predicted octanol–water partition coefficient (Wildman–Crippen LogP) is 5.19. The van der Waals surface area contributed by atoms with Gasteiger partial charge in [-0.05, 0) is 66.8 Å². The molecule has 0 radical (unpaired) electrons. The van der Waals surface area contributed by atoms with Gasteiger partial charge in [0.05, 0.1) is 30.8 Å². The average Bonchev–Trinajstić information content (AvgIpc) is 3.42. The molecule has 3 N–H and O–H groups in total. The Morgan fingerprint density at radius 2 is 1.82 bits per heavy atom. The number of carbonyl (C=O) groups is 3. The second kappa shape index (κ2) is 12.7. The van der Waals surface area contributed by atoms with Gasteiger partial charge in [0, 0.05) is 17.8 Å². The number of urea groups is 1. The van der Waals surface area contributed by atoms with Gasteiger partial charge in [0.15, 0.2) is 0 Å².